The number of piperazine rings is 1. The van der Waals surface area contributed by atoms with Crippen molar-refractivity contribution in [3.8, 4) is 0 Å². The van der Waals surface area contributed by atoms with Crippen LogP contribution in [0.1, 0.15) is 23.0 Å². The minimum Gasteiger partial charge on any atom is -0.314 e. The summed E-state index contributed by atoms with van der Waals surface area (Å²) in [5, 5.41) is 5.30. The minimum absolute atomic E-state index is 0. The van der Waals surface area contributed by atoms with Gasteiger partial charge in [0.05, 0.1) is 5.69 Å². The molecule has 1 N–H and O–H groups in total. The van der Waals surface area contributed by atoms with Crippen molar-refractivity contribution in [1.29, 1.82) is 0 Å². The normalized spacial score (nSPS) is 18.0. The van der Waals surface area contributed by atoms with Crippen molar-refractivity contribution in [2.75, 3.05) is 19.6 Å². The fourth-order valence-electron chi connectivity index (χ4n) is 3.37. The van der Waals surface area contributed by atoms with Crippen molar-refractivity contribution in [3.63, 3.8) is 0 Å². The molecule has 1 aromatic carbocycles. The lowest BCUT2D eigenvalue weighted by Gasteiger charge is -2.36. The zero-order valence-corrected chi connectivity index (χ0v) is 15.9. The summed E-state index contributed by atoms with van der Waals surface area (Å²) < 4.78 is 15.2. The van der Waals surface area contributed by atoms with E-state index in [1.165, 1.54) is 17.4 Å². The SMILES string of the molecule is Cc1csc2nc(CN3CCNCC3c3cccc(F)c3)cc(=O)n12.Cl. The predicted octanol–water partition coefficient (Wildman–Crippen LogP) is 2.77. The summed E-state index contributed by atoms with van der Waals surface area (Å²) in [7, 11) is 0. The molecule has 138 valence electrons. The summed E-state index contributed by atoms with van der Waals surface area (Å²) in [5.74, 6) is -0.227. The Morgan fingerprint density at radius 3 is 3.04 bits per heavy atom. The van der Waals surface area contributed by atoms with E-state index in [2.05, 4.69) is 15.2 Å². The second-order valence-corrected chi connectivity index (χ2v) is 7.16. The fraction of sp³-hybridized carbons (Fsp3) is 0.333. The molecule has 2 aromatic heterocycles. The van der Waals surface area contributed by atoms with E-state index in [9.17, 15) is 9.18 Å². The van der Waals surface area contributed by atoms with Crippen LogP contribution in [0, 0.1) is 12.7 Å². The average molecular weight is 395 g/mol. The molecule has 0 radical (unpaired) electrons. The van der Waals surface area contributed by atoms with Crippen LogP contribution in [0.4, 0.5) is 4.39 Å². The topological polar surface area (TPSA) is 49.6 Å². The molecule has 3 heterocycles. The van der Waals surface area contributed by atoms with E-state index in [0.717, 1.165) is 41.5 Å². The minimum atomic E-state index is -0.227. The Bertz CT molecular complexity index is 973. The van der Waals surface area contributed by atoms with Gasteiger partial charge in [-0.2, -0.15) is 0 Å². The molecule has 0 aliphatic carbocycles. The van der Waals surface area contributed by atoms with E-state index < -0.39 is 0 Å². The molecule has 1 atom stereocenters. The maximum atomic E-state index is 13.6. The Labute approximate surface area is 160 Å². The van der Waals surface area contributed by atoms with Crippen molar-refractivity contribution in [2.24, 2.45) is 0 Å². The van der Waals surface area contributed by atoms with E-state index in [1.807, 2.05) is 18.4 Å². The third-order valence-electron chi connectivity index (χ3n) is 4.58. The Kier molecular flexibility index (Phi) is 5.72. The van der Waals surface area contributed by atoms with Gasteiger partial charge >= 0.3 is 0 Å². The number of benzene rings is 1. The number of hydrogen-bond donors (Lipinski definition) is 1. The highest BCUT2D eigenvalue weighted by molar-refractivity contribution is 7.15. The predicted molar refractivity (Wildman–Crippen MR) is 104 cm³/mol. The number of nitrogens with one attached hydrogen (secondary N) is 1. The first-order valence-corrected chi connectivity index (χ1v) is 9.17. The van der Waals surface area contributed by atoms with Gasteiger partial charge in [-0.15, -0.1) is 23.7 Å². The van der Waals surface area contributed by atoms with Crippen LogP contribution in [0.3, 0.4) is 0 Å². The van der Waals surface area contributed by atoms with Crippen LogP contribution < -0.4 is 10.9 Å². The summed E-state index contributed by atoms with van der Waals surface area (Å²) in [6, 6.07) is 8.40. The van der Waals surface area contributed by atoms with Crippen molar-refractivity contribution >= 4 is 28.7 Å². The molecule has 0 spiro atoms. The zero-order chi connectivity index (χ0) is 17.4. The van der Waals surface area contributed by atoms with E-state index in [-0.39, 0.29) is 29.8 Å². The second kappa shape index (κ2) is 7.84. The van der Waals surface area contributed by atoms with Gasteiger partial charge in [-0.25, -0.2) is 9.37 Å². The number of aromatic nitrogens is 2. The largest absolute Gasteiger partial charge is 0.314 e. The van der Waals surface area contributed by atoms with Crippen molar-refractivity contribution in [3.05, 3.63) is 68.8 Å². The Balaban J connectivity index is 0.00000196. The fourth-order valence-corrected chi connectivity index (χ4v) is 4.26. The monoisotopic (exact) mass is 394 g/mol. The van der Waals surface area contributed by atoms with Crippen molar-refractivity contribution < 1.29 is 4.39 Å². The highest BCUT2D eigenvalue weighted by Gasteiger charge is 2.24. The van der Waals surface area contributed by atoms with Crippen LogP contribution in [-0.4, -0.2) is 33.9 Å². The Morgan fingerprint density at radius 1 is 1.38 bits per heavy atom. The highest BCUT2D eigenvalue weighted by atomic mass is 35.5. The van der Waals surface area contributed by atoms with Gasteiger partial charge in [0.15, 0.2) is 4.96 Å². The lowest BCUT2D eigenvalue weighted by molar-refractivity contribution is 0.151. The zero-order valence-electron chi connectivity index (χ0n) is 14.3. The third-order valence-corrected chi connectivity index (χ3v) is 5.53. The molecule has 1 saturated heterocycles. The number of hydrogen-bond acceptors (Lipinski definition) is 5. The molecule has 0 saturated carbocycles. The number of thiazole rings is 1. The lowest BCUT2D eigenvalue weighted by atomic mass is 10.0. The maximum absolute atomic E-state index is 13.6. The van der Waals surface area contributed by atoms with Crippen LogP contribution in [0.2, 0.25) is 0 Å². The molecule has 5 nitrogen and oxygen atoms in total. The molecule has 1 aliphatic heterocycles. The molecule has 1 aliphatic rings. The lowest BCUT2D eigenvalue weighted by Crippen LogP contribution is -2.45. The number of halogens is 2. The number of fused-ring (bicyclic) bond motifs is 1. The van der Waals surface area contributed by atoms with E-state index in [0.29, 0.717) is 6.54 Å². The maximum Gasteiger partial charge on any atom is 0.259 e. The summed E-state index contributed by atoms with van der Waals surface area (Å²) in [6.07, 6.45) is 0. The summed E-state index contributed by atoms with van der Waals surface area (Å²) in [6.45, 7) is 4.92. The van der Waals surface area contributed by atoms with E-state index in [4.69, 9.17) is 0 Å². The Hall–Kier alpha value is -1.80. The summed E-state index contributed by atoms with van der Waals surface area (Å²) in [4.78, 5) is 20.0. The molecular formula is C18H20ClFN4OS. The van der Waals surface area contributed by atoms with Crippen LogP contribution >= 0.6 is 23.7 Å². The van der Waals surface area contributed by atoms with Gasteiger partial charge in [-0.3, -0.25) is 14.1 Å². The quantitative estimate of drug-likeness (QED) is 0.742. The standard InChI is InChI=1S/C18H19FN4OS.ClH/c1-12-11-25-18-21-15(8-17(24)23(12)18)10-22-6-5-20-9-16(22)13-3-2-4-14(19)7-13;/h2-4,7-8,11,16,20H,5-6,9-10H2,1H3;1H. The average Bonchev–Trinajstić information content (AvgIpc) is 2.97. The molecule has 0 amide bonds. The van der Waals surface area contributed by atoms with Crippen molar-refractivity contribution in [2.45, 2.75) is 19.5 Å². The first kappa shape index (κ1) is 19.0. The number of aryl methyl sites for hydroxylation is 1. The molecule has 3 aromatic rings. The Morgan fingerprint density at radius 2 is 2.23 bits per heavy atom. The summed E-state index contributed by atoms with van der Waals surface area (Å²) in [5.41, 5.74) is 2.56. The van der Waals surface area contributed by atoms with E-state index >= 15 is 0 Å². The molecule has 26 heavy (non-hydrogen) atoms. The highest BCUT2D eigenvalue weighted by Crippen LogP contribution is 2.24. The number of rotatable bonds is 3. The molecule has 1 fully saturated rings. The van der Waals surface area contributed by atoms with Gasteiger partial charge in [0.2, 0.25) is 0 Å². The molecular weight excluding hydrogens is 375 g/mol. The first-order valence-electron chi connectivity index (χ1n) is 8.29. The molecule has 1 unspecified atom stereocenters. The van der Waals surface area contributed by atoms with E-state index in [1.54, 1.807) is 22.6 Å². The van der Waals surface area contributed by atoms with Crippen LogP contribution in [-0.2, 0) is 6.54 Å². The molecule has 8 heteroatoms. The van der Waals surface area contributed by atoms with Gasteiger partial charge < -0.3 is 5.32 Å². The van der Waals surface area contributed by atoms with Crippen molar-refractivity contribution in [1.82, 2.24) is 19.6 Å². The van der Waals surface area contributed by atoms with Crippen LogP contribution in [0.5, 0.6) is 0 Å². The van der Waals surface area contributed by atoms with Crippen LogP contribution in [0.25, 0.3) is 4.96 Å². The summed E-state index contributed by atoms with van der Waals surface area (Å²) >= 11 is 1.47. The van der Waals surface area contributed by atoms with Gasteiger partial charge in [-0.1, -0.05) is 12.1 Å². The smallest absolute Gasteiger partial charge is 0.259 e. The first-order chi connectivity index (χ1) is 12.1. The van der Waals surface area contributed by atoms with Crippen LogP contribution in [0.15, 0.2) is 40.5 Å². The molecule has 4 rings (SSSR count). The van der Waals surface area contributed by atoms with Gasteiger partial charge in [-0.05, 0) is 24.6 Å². The molecule has 0 bridgehead atoms. The van der Waals surface area contributed by atoms with Gasteiger partial charge in [0, 0.05) is 49.4 Å². The second-order valence-electron chi connectivity index (χ2n) is 6.33. The van der Waals surface area contributed by atoms with Gasteiger partial charge in [0.1, 0.15) is 5.82 Å². The van der Waals surface area contributed by atoms with Gasteiger partial charge in [0.25, 0.3) is 5.56 Å². The number of nitrogens with zero attached hydrogens (tertiary/aromatic N) is 3. The third kappa shape index (κ3) is 3.66.